The fourth-order valence-corrected chi connectivity index (χ4v) is 2.16. The van der Waals surface area contributed by atoms with Crippen LogP contribution in [0.2, 0.25) is 0 Å². The molecule has 2 amide bonds. The Morgan fingerprint density at radius 1 is 1.18 bits per heavy atom. The van der Waals surface area contributed by atoms with E-state index in [4.69, 9.17) is 4.74 Å². The summed E-state index contributed by atoms with van der Waals surface area (Å²) in [4.78, 5) is 23.9. The van der Waals surface area contributed by atoms with Crippen LogP contribution < -0.4 is 15.4 Å². The predicted molar refractivity (Wildman–Crippen MR) is 79.1 cm³/mol. The second kappa shape index (κ2) is 5.85. The van der Waals surface area contributed by atoms with Crippen molar-refractivity contribution in [1.29, 1.82) is 0 Å². The predicted octanol–water partition coefficient (Wildman–Crippen LogP) is 2.55. The molecule has 6 heteroatoms. The van der Waals surface area contributed by atoms with Crippen molar-refractivity contribution in [2.75, 3.05) is 10.6 Å². The SMILES string of the molecule is O=C(C[C@H]1Oc2ccccc2NC1=O)Nc1ccccc1F. The lowest BCUT2D eigenvalue weighted by Crippen LogP contribution is -2.39. The number of amides is 2. The second-order valence-electron chi connectivity index (χ2n) is 4.82. The second-order valence-corrected chi connectivity index (χ2v) is 4.82. The standard InChI is InChI=1S/C16H13FN2O3/c17-10-5-1-2-6-11(10)18-15(20)9-14-16(21)19-12-7-3-4-8-13(12)22-14/h1-8,14H,9H2,(H,18,20)(H,19,21)/t14-/m1/s1. The first-order chi connectivity index (χ1) is 10.6. The van der Waals surface area contributed by atoms with E-state index >= 15 is 0 Å². The molecule has 0 saturated heterocycles. The van der Waals surface area contributed by atoms with Crippen molar-refractivity contribution in [3.8, 4) is 5.75 Å². The number of fused-ring (bicyclic) bond motifs is 1. The molecule has 3 rings (SSSR count). The van der Waals surface area contributed by atoms with Crippen LogP contribution in [0.3, 0.4) is 0 Å². The van der Waals surface area contributed by atoms with Crippen molar-refractivity contribution < 1.29 is 18.7 Å². The first-order valence-electron chi connectivity index (χ1n) is 6.74. The molecule has 0 aliphatic carbocycles. The fourth-order valence-electron chi connectivity index (χ4n) is 2.16. The van der Waals surface area contributed by atoms with Crippen molar-refractivity contribution >= 4 is 23.2 Å². The summed E-state index contributed by atoms with van der Waals surface area (Å²) < 4.78 is 19.0. The van der Waals surface area contributed by atoms with Crippen LogP contribution in [0, 0.1) is 5.82 Å². The van der Waals surface area contributed by atoms with Gasteiger partial charge >= 0.3 is 0 Å². The molecule has 0 spiro atoms. The molecule has 112 valence electrons. The quantitative estimate of drug-likeness (QED) is 0.915. The van der Waals surface area contributed by atoms with Crippen molar-refractivity contribution in [2.45, 2.75) is 12.5 Å². The molecule has 1 atom stereocenters. The van der Waals surface area contributed by atoms with Crippen molar-refractivity contribution in [3.05, 3.63) is 54.3 Å². The third kappa shape index (κ3) is 2.90. The van der Waals surface area contributed by atoms with Gasteiger partial charge in [-0.15, -0.1) is 0 Å². The topological polar surface area (TPSA) is 67.4 Å². The summed E-state index contributed by atoms with van der Waals surface area (Å²) >= 11 is 0. The van der Waals surface area contributed by atoms with Gasteiger partial charge in [-0.05, 0) is 24.3 Å². The van der Waals surface area contributed by atoms with E-state index in [1.165, 1.54) is 18.2 Å². The third-order valence-corrected chi connectivity index (χ3v) is 3.23. The number of carbonyl (C=O) groups is 2. The van der Waals surface area contributed by atoms with Crippen LogP contribution in [0.1, 0.15) is 6.42 Å². The number of hydrogen-bond donors (Lipinski definition) is 2. The zero-order valence-electron chi connectivity index (χ0n) is 11.5. The number of carbonyl (C=O) groups excluding carboxylic acids is 2. The molecule has 2 N–H and O–H groups in total. The summed E-state index contributed by atoms with van der Waals surface area (Å²) in [6.07, 6.45) is -1.14. The Balaban J connectivity index is 1.67. The molecule has 2 aromatic rings. The Bertz CT molecular complexity index is 733. The molecular formula is C16H13FN2O3. The molecular weight excluding hydrogens is 287 g/mol. The maximum absolute atomic E-state index is 13.5. The zero-order chi connectivity index (χ0) is 15.5. The Morgan fingerprint density at radius 2 is 1.91 bits per heavy atom. The van der Waals surface area contributed by atoms with Crippen LogP contribution in [0.25, 0.3) is 0 Å². The van der Waals surface area contributed by atoms with E-state index < -0.39 is 23.7 Å². The van der Waals surface area contributed by atoms with Gasteiger partial charge in [0.15, 0.2) is 6.10 Å². The lowest BCUT2D eigenvalue weighted by molar-refractivity contribution is -0.128. The minimum absolute atomic E-state index is 0.0733. The highest BCUT2D eigenvalue weighted by Gasteiger charge is 2.29. The largest absolute Gasteiger partial charge is 0.478 e. The lowest BCUT2D eigenvalue weighted by atomic mass is 10.1. The Hall–Kier alpha value is -2.89. The number of hydrogen-bond acceptors (Lipinski definition) is 3. The van der Waals surface area contributed by atoms with Crippen LogP contribution >= 0.6 is 0 Å². The highest BCUT2D eigenvalue weighted by molar-refractivity contribution is 6.01. The van der Waals surface area contributed by atoms with E-state index in [1.807, 2.05) is 0 Å². The molecule has 22 heavy (non-hydrogen) atoms. The molecule has 0 unspecified atom stereocenters. The summed E-state index contributed by atoms with van der Waals surface area (Å²) in [5.41, 5.74) is 0.641. The molecule has 0 radical (unpaired) electrons. The number of nitrogens with one attached hydrogen (secondary N) is 2. The van der Waals surface area contributed by atoms with Crippen LogP contribution in [0.15, 0.2) is 48.5 Å². The minimum Gasteiger partial charge on any atom is -0.478 e. The Kier molecular flexibility index (Phi) is 3.74. The molecule has 1 aliphatic heterocycles. The van der Waals surface area contributed by atoms with Gasteiger partial charge in [0.05, 0.1) is 17.8 Å². The highest BCUT2D eigenvalue weighted by Crippen LogP contribution is 2.29. The number of rotatable bonds is 3. The van der Waals surface area contributed by atoms with Gasteiger partial charge < -0.3 is 15.4 Å². The Labute approximate surface area is 126 Å². The highest BCUT2D eigenvalue weighted by atomic mass is 19.1. The molecule has 1 heterocycles. The van der Waals surface area contributed by atoms with Crippen LogP contribution in [0.5, 0.6) is 5.75 Å². The molecule has 5 nitrogen and oxygen atoms in total. The Morgan fingerprint density at radius 3 is 2.73 bits per heavy atom. The van der Waals surface area contributed by atoms with Gasteiger partial charge in [-0.25, -0.2) is 4.39 Å². The smallest absolute Gasteiger partial charge is 0.266 e. The van der Waals surface area contributed by atoms with E-state index in [0.29, 0.717) is 11.4 Å². The number of halogens is 1. The normalized spacial score (nSPS) is 16.2. The van der Waals surface area contributed by atoms with Gasteiger partial charge in [0.2, 0.25) is 5.91 Å². The molecule has 1 aliphatic rings. The van der Waals surface area contributed by atoms with Crippen molar-refractivity contribution in [1.82, 2.24) is 0 Å². The van der Waals surface area contributed by atoms with Gasteiger partial charge in [-0.1, -0.05) is 24.3 Å². The summed E-state index contributed by atoms with van der Waals surface area (Å²) in [5, 5.41) is 5.10. The minimum atomic E-state index is -0.943. The molecule has 0 fully saturated rings. The van der Waals surface area contributed by atoms with Gasteiger partial charge in [0.25, 0.3) is 5.91 Å². The average molecular weight is 300 g/mol. The zero-order valence-corrected chi connectivity index (χ0v) is 11.5. The summed E-state index contributed by atoms with van der Waals surface area (Å²) in [7, 11) is 0. The number of ether oxygens (including phenoxy) is 1. The van der Waals surface area contributed by atoms with E-state index in [-0.39, 0.29) is 12.1 Å². The molecule has 0 aromatic heterocycles. The van der Waals surface area contributed by atoms with Crippen molar-refractivity contribution in [3.63, 3.8) is 0 Å². The molecule has 2 aromatic carbocycles. The number of para-hydroxylation sites is 3. The van der Waals surface area contributed by atoms with Gasteiger partial charge in [-0.3, -0.25) is 9.59 Å². The maximum atomic E-state index is 13.5. The summed E-state index contributed by atoms with van der Waals surface area (Å²) in [5.74, 6) is -0.923. The lowest BCUT2D eigenvalue weighted by Gasteiger charge is -2.25. The van der Waals surface area contributed by atoms with Crippen LogP contribution in [-0.2, 0) is 9.59 Å². The van der Waals surface area contributed by atoms with Crippen LogP contribution in [0.4, 0.5) is 15.8 Å². The summed E-state index contributed by atoms with van der Waals surface area (Å²) in [6.45, 7) is 0. The monoisotopic (exact) mass is 300 g/mol. The van der Waals surface area contributed by atoms with E-state index in [2.05, 4.69) is 10.6 Å². The maximum Gasteiger partial charge on any atom is 0.266 e. The van der Waals surface area contributed by atoms with E-state index in [0.717, 1.165) is 0 Å². The first-order valence-corrected chi connectivity index (χ1v) is 6.74. The van der Waals surface area contributed by atoms with Crippen molar-refractivity contribution in [2.24, 2.45) is 0 Å². The molecule has 0 saturated carbocycles. The number of benzene rings is 2. The average Bonchev–Trinajstić information content (AvgIpc) is 2.50. The first kappa shape index (κ1) is 14.1. The van der Waals surface area contributed by atoms with Gasteiger partial charge in [0, 0.05) is 0 Å². The summed E-state index contributed by atoms with van der Waals surface area (Å²) in [6, 6.07) is 12.8. The van der Waals surface area contributed by atoms with E-state index in [1.54, 1.807) is 30.3 Å². The molecule has 0 bridgehead atoms. The number of anilines is 2. The fraction of sp³-hybridized carbons (Fsp3) is 0.125. The van der Waals surface area contributed by atoms with Crippen LogP contribution in [-0.4, -0.2) is 17.9 Å². The van der Waals surface area contributed by atoms with Gasteiger partial charge in [-0.2, -0.15) is 0 Å². The van der Waals surface area contributed by atoms with Gasteiger partial charge in [0.1, 0.15) is 11.6 Å². The van der Waals surface area contributed by atoms with E-state index in [9.17, 15) is 14.0 Å². The third-order valence-electron chi connectivity index (χ3n) is 3.23.